The van der Waals surface area contributed by atoms with Crippen LogP contribution in [-0.2, 0) is 4.74 Å². The lowest BCUT2D eigenvalue weighted by atomic mass is 10.1. The standard InChI is InChI=1S/C16H20O2/c1-3-4-5-6-7-8-9-14-10-12-15(13-11-14)16(17)18-2/h10-13H,3-7H2,1-2H3. The second kappa shape index (κ2) is 8.36. The second-order valence-electron chi connectivity index (χ2n) is 4.18. The lowest BCUT2D eigenvalue weighted by Crippen LogP contribution is -2.00. The smallest absolute Gasteiger partial charge is 0.337 e. The van der Waals surface area contributed by atoms with Crippen molar-refractivity contribution in [2.45, 2.75) is 39.0 Å². The number of unbranched alkanes of at least 4 members (excludes halogenated alkanes) is 4. The number of hydrogen-bond acceptors (Lipinski definition) is 2. The molecule has 1 aromatic rings. The maximum Gasteiger partial charge on any atom is 0.337 e. The van der Waals surface area contributed by atoms with Crippen molar-refractivity contribution in [2.24, 2.45) is 0 Å². The third kappa shape index (κ3) is 5.05. The van der Waals surface area contributed by atoms with Crippen LogP contribution in [0, 0.1) is 11.8 Å². The van der Waals surface area contributed by atoms with Gasteiger partial charge in [-0.25, -0.2) is 4.79 Å². The molecule has 0 aliphatic carbocycles. The molecule has 0 aliphatic rings. The predicted molar refractivity (Wildman–Crippen MR) is 73.4 cm³/mol. The van der Waals surface area contributed by atoms with Crippen molar-refractivity contribution in [1.82, 2.24) is 0 Å². The molecule has 96 valence electrons. The minimum Gasteiger partial charge on any atom is -0.465 e. The third-order valence-electron chi connectivity index (χ3n) is 2.69. The molecule has 0 saturated carbocycles. The van der Waals surface area contributed by atoms with Gasteiger partial charge in [0.25, 0.3) is 0 Å². The van der Waals surface area contributed by atoms with E-state index in [-0.39, 0.29) is 5.97 Å². The highest BCUT2D eigenvalue weighted by molar-refractivity contribution is 5.89. The van der Waals surface area contributed by atoms with Crippen LogP contribution in [0.3, 0.4) is 0 Å². The summed E-state index contributed by atoms with van der Waals surface area (Å²) in [6, 6.07) is 7.19. The maximum absolute atomic E-state index is 11.2. The van der Waals surface area contributed by atoms with Gasteiger partial charge in [0.1, 0.15) is 0 Å². The zero-order valence-corrected chi connectivity index (χ0v) is 11.2. The van der Waals surface area contributed by atoms with Gasteiger partial charge in [-0.2, -0.15) is 0 Å². The zero-order chi connectivity index (χ0) is 13.2. The highest BCUT2D eigenvalue weighted by Gasteiger charge is 2.02. The van der Waals surface area contributed by atoms with E-state index in [4.69, 9.17) is 0 Å². The first-order chi connectivity index (χ1) is 8.77. The number of methoxy groups -OCH3 is 1. The Balaban J connectivity index is 2.44. The summed E-state index contributed by atoms with van der Waals surface area (Å²) >= 11 is 0. The van der Waals surface area contributed by atoms with E-state index in [1.54, 1.807) is 12.1 Å². The molecule has 2 heteroatoms. The molecule has 2 nitrogen and oxygen atoms in total. The molecule has 0 amide bonds. The molecule has 0 heterocycles. The fourth-order valence-electron chi connectivity index (χ4n) is 1.61. The molecule has 0 aliphatic heterocycles. The van der Waals surface area contributed by atoms with Gasteiger partial charge in [0.05, 0.1) is 12.7 Å². The summed E-state index contributed by atoms with van der Waals surface area (Å²) in [7, 11) is 1.38. The Hall–Kier alpha value is -1.75. The Bertz CT molecular complexity index is 421. The van der Waals surface area contributed by atoms with Crippen LogP contribution >= 0.6 is 0 Å². The second-order valence-corrected chi connectivity index (χ2v) is 4.18. The first-order valence-corrected chi connectivity index (χ1v) is 6.45. The van der Waals surface area contributed by atoms with Crippen molar-refractivity contribution in [3.63, 3.8) is 0 Å². The average molecular weight is 244 g/mol. The number of ether oxygens (including phenoxy) is 1. The fraction of sp³-hybridized carbons (Fsp3) is 0.438. The van der Waals surface area contributed by atoms with Gasteiger partial charge in [-0.3, -0.25) is 0 Å². The number of carbonyl (C=O) groups is 1. The summed E-state index contributed by atoms with van der Waals surface area (Å²) in [5.41, 5.74) is 1.50. The molecule has 0 aromatic heterocycles. The minimum atomic E-state index is -0.311. The summed E-state index contributed by atoms with van der Waals surface area (Å²) in [5.74, 6) is 5.95. The van der Waals surface area contributed by atoms with Crippen molar-refractivity contribution in [1.29, 1.82) is 0 Å². The van der Waals surface area contributed by atoms with Gasteiger partial charge in [0.2, 0.25) is 0 Å². The Labute approximate surface area is 109 Å². The third-order valence-corrected chi connectivity index (χ3v) is 2.69. The van der Waals surface area contributed by atoms with E-state index in [0.29, 0.717) is 5.56 Å². The SMILES string of the molecule is CCCCCCC#Cc1ccc(C(=O)OC)cc1. The van der Waals surface area contributed by atoms with Crippen LogP contribution in [0.5, 0.6) is 0 Å². The van der Waals surface area contributed by atoms with Gasteiger partial charge in [-0.1, -0.05) is 38.0 Å². The van der Waals surface area contributed by atoms with Crippen molar-refractivity contribution < 1.29 is 9.53 Å². The molecular formula is C16H20O2. The van der Waals surface area contributed by atoms with Gasteiger partial charge in [-0.15, -0.1) is 0 Å². The van der Waals surface area contributed by atoms with E-state index in [1.165, 1.54) is 32.8 Å². The van der Waals surface area contributed by atoms with E-state index in [0.717, 1.165) is 12.0 Å². The molecular weight excluding hydrogens is 224 g/mol. The van der Waals surface area contributed by atoms with Crippen molar-refractivity contribution >= 4 is 5.97 Å². The Morgan fingerprint density at radius 1 is 1.17 bits per heavy atom. The Morgan fingerprint density at radius 3 is 2.50 bits per heavy atom. The molecule has 1 aromatic carbocycles. The molecule has 0 unspecified atom stereocenters. The molecule has 0 atom stereocenters. The Morgan fingerprint density at radius 2 is 1.89 bits per heavy atom. The lowest BCUT2D eigenvalue weighted by molar-refractivity contribution is 0.0601. The van der Waals surface area contributed by atoms with E-state index < -0.39 is 0 Å². The van der Waals surface area contributed by atoms with Crippen LogP contribution in [0.4, 0.5) is 0 Å². The molecule has 18 heavy (non-hydrogen) atoms. The highest BCUT2D eigenvalue weighted by atomic mass is 16.5. The van der Waals surface area contributed by atoms with Crippen molar-refractivity contribution in [3.05, 3.63) is 35.4 Å². The van der Waals surface area contributed by atoms with Crippen LogP contribution in [0.1, 0.15) is 54.9 Å². The van der Waals surface area contributed by atoms with Gasteiger partial charge in [0.15, 0.2) is 0 Å². The summed E-state index contributed by atoms with van der Waals surface area (Å²) in [5, 5.41) is 0. The van der Waals surface area contributed by atoms with Crippen LogP contribution in [0.2, 0.25) is 0 Å². The minimum absolute atomic E-state index is 0.311. The van der Waals surface area contributed by atoms with Gasteiger partial charge in [-0.05, 0) is 30.7 Å². The highest BCUT2D eigenvalue weighted by Crippen LogP contribution is 2.05. The van der Waals surface area contributed by atoms with Crippen LogP contribution in [0.15, 0.2) is 24.3 Å². The zero-order valence-electron chi connectivity index (χ0n) is 11.2. The van der Waals surface area contributed by atoms with Gasteiger partial charge < -0.3 is 4.74 Å². The van der Waals surface area contributed by atoms with Crippen molar-refractivity contribution in [2.75, 3.05) is 7.11 Å². The normalized spacial score (nSPS) is 9.44. The Kier molecular flexibility index (Phi) is 6.64. The van der Waals surface area contributed by atoms with Gasteiger partial charge in [0, 0.05) is 12.0 Å². The molecule has 0 fully saturated rings. The quantitative estimate of drug-likeness (QED) is 0.447. The van der Waals surface area contributed by atoms with E-state index in [2.05, 4.69) is 23.5 Å². The van der Waals surface area contributed by atoms with E-state index in [9.17, 15) is 4.79 Å². The molecule has 0 spiro atoms. The first-order valence-electron chi connectivity index (χ1n) is 6.45. The van der Waals surface area contributed by atoms with Crippen LogP contribution in [-0.4, -0.2) is 13.1 Å². The number of rotatable bonds is 5. The van der Waals surface area contributed by atoms with Crippen molar-refractivity contribution in [3.8, 4) is 11.8 Å². The molecule has 0 radical (unpaired) electrons. The summed E-state index contributed by atoms with van der Waals surface area (Å²) in [6.07, 6.45) is 5.91. The molecule has 1 rings (SSSR count). The molecule has 0 saturated heterocycles. The fourth-order valence-corrected chi connectivity index (χ4v) is 1.61. The monoisotopic (exact) mass is 244 g/mol. The predicted octanol–water partition coefficient (Wildman–Crippen LogP) is 3.80. The van der Waals surface area contributed by atoms with Gasteiger partial charge >= 0.3 is 5.97 Å². The first kappa shape index (κ1) is 14.3. The summed E-state index contributed by atoms with van der Waals surface area (Å²) in [6.45, 7) is 2.20. The maximum atomic E-state index is 11.2. The average Bonchev–Trinajstić information content (AvgIpc) is 2.42. The van der Waals surface area contributed by atoms with Crippen LogP contribution in [0.25, 0.3) is 0 Å². The number of esters is 1. The van der Waals surface area contributed by atoms with Crippen LogP contribution < -0.4 is 0 Å². The number of benzene rings is 1. The summed E-state index contributed by atoms with van der Waals surface area (Å²) < 4.78 is 4.64. The molecule has 0 bridgehead atoms. The largest absolute Gasteiger partial charge is 0.465 e. The topological polar surface area (TPSA) is 26.3 Å². The lowest BCUT2D eigenvalue weighted by Gasteiger charge is -1.98. The molecule has 0 N–H and O–H groups in total. The summed E-state index contributed by atoms with van der Waals surface area (Å²) in [4.78, 5) is 11.2. The number of carbonyl (C=O) groups excluding carboxylic acids is 1. The van der Waals surface area contributed by atoms with E-state index in [1.807, 2.05) is 12.1 Å². The van der Waals surface area contributed by atoms with E-state index >= 15 is 0 Å². The number of hydrogen-bond donors (Lipinski definition) is 0.